The summed E-state index contributed by atoms with van der Waals surface area (Å²) in [5.41, 5.74) is 3.51. The first kappa shape index (κ1) is 14.6. The molecule has 2 aromatic rings. The highest BCUT2D eigenvalue weighted by molar-refractivity contribution is 5.30. The minimum atomic E-state index is -0.395. The maximum absolute atomic E-state index is 10.4. The summed E-state index contributed by atoms with van der Waals surface area (Å²) in [6.45, 7) is 2.12. The molecule has 0 aliphatic carbocycles. The maximum atomic E-state index is 10.4. The average molecular weight is 270 g/mol. The lowest BCUT2D eigenvalue weighted by Crippen LogP contribution is -2.03. The molecular weight excluding hydrogens is 248 g/mol. The molecule has 106 valence electrons. The molecule has 0 aromatic heterocycles. The van der Waals surface area contributed by atoms with Gasteiger partial charge in [0.2, 0.25) is 0 Å². The second-order valence-corrected chi connectivity index (χ2v) is 4.95. The number of hydrogen-bond acceptors (Lipinski definition) is 2. The predicted octanol–water partition coefficient (Wildman–Crippen LogP) is 3.92. The third kappa shape index (κ3) is 3.61. The normalized spacial score (nSPS) is 12.2. The van der Waals surface area contributed by atoms with E-state index >= 15 is 0 Å². The first-order chi connectivity index (χ1) is 9.74. The Morgan fingerprint density at radius 2 is 1.75 bits per heavy atom. The van der Waals surface area contributed by atoms with Gasteiger partial charge < -0.3 is 9.84 Å². The standard InChI is InChI=1S/C18H22O2/c1-3-15-6-4-5-7-17(15)18(19)13-10-14-8-11-16(20-2)12-9-14/h4-9,11-12,18-19H,3,10,13H2,1-2H3. The summed E-state index contributed by atoms with van der Waals surface area (Å²) >= 11 is 0. The molecule has 0 aliphatic rings. The molecule has 1 N–H and O–H groups in total. The Balaban J connectivity index is 1.98. The van der Waals surface area contributed by atoms with Gasteiger partial charge in [0.25, 0.3) is 0 Å². The first-order valence-corrected chi connectivity index (χ1v) is 7.13. The third-order valence-corrected chi connectivity index (χ3v) is 3.66. The van der Waals surface area contributed by atoms with E-state index in [2.05, 4.69) is 25.1 Å². The van der Waals surface area contributed by atoms with Gasteiger partial charge in [-0.15, -0.1) is 0 Å². The van der Waals surface area contributed by atoms with Crippen molar-refractivity contribution in [1.82, 2.24) is 0 Å². The highest BCUT2D eigenvalue weighted by atomic mass is 16.5. The largest absolute Gasteiger partial charge is 0.497 e. The van der Waals surface area contributed by atoms with Gasteiger partial charge in [-0.3, -0.25) is 0 Å². The molecule has 0 spiro atoms. The average Bonchev–Trinajstić information content (AvgIpc) is 2.53. The highest BCUT2D eigenvalue weighted by Crippen LogP contribution is 2.23. The zero-order valence-electron chi connectivity index (χ0n) is 12.2. The zero-order chi connectivity index (χ0) is 14.4. The predicted molar refractivity (Wildman–Crippen MR) is 82.1 cm³/mol. The lowest BCUT2D eigenvalue weighted by molar-refractivity contribution is 0.167. The molecule has 2 rings (SSSR count). The molecule has 2 nitrogen and oxygen atoms in total. The molecule has 1 atom stereocenters. The van der Waals surface area contributed by atoms with E-state index in [-0.39, 0.29) is 0 Å². The van der Waals surface area contributed by atoms with Crippen LogP contribution in [0.15, 0.2) is 48.5 Å². The van der Waals surface area contributed by atoms with Gasteiger partial charge in [0.15, 0.2) is 0 Å². The van der Waals surface area contributed by atoms with E-state index in [1.807, 2.05) is 30.3 Å². The van der Waals surface area contributed by atoms with Crippen LogP contribution in [0.4, 0.5) is 0 Å². The fourth-order valence-electron chi connectivity index (χ4n) is 2.43. The van der Waals surface area contributed by atoms with Crippen molar-refractivity contribution in [2.75, 3.05) is 7.11 Å². The lowest BCUT2D eigenvalue weighted by atomic mass is 9.96. The summed E-state index contributed by atoms with van der Waals surface area (Å²) in [5.74, 6) is 0.866. The smallest absolute Gasteiger partial charge is 0.118 e. The summed E-state index contributed by atoms with van der Waals surface area (Å²) in [6, 6.07) is 16.2. The quantitative estimate of drug-likeness (QED) is 0.862. The SMILES string of the molecule is CCc1ccccc1C(O)CCc1ccc(OC)cc1. The number of aliphatic hydroxyl groups excluding tert-OH is 1. The molecule has 0 saturated heterocycles. The van der Waals surface area contributed by atoms with Crippen molar-refractivity contribution in [2.24, 2.45) is 0 Å². The molecule has 0 amide bonds. The number of benzene rings is 2. The summed E-state index contributed by atoms with van der Waals surface area (Å²) in [6.07, 6.45) is 2.16. The second kappa shape index (κ2) is 7.11. The van der Waals surface area contributed by atoms with Gasteiger partial charge in [-0.1, -0.05) is 43.3 Å². The van der Waals surface area contributed by atoms with Gasteiger partial charge in [0.05, 0.1) is 13.2 Å². The monoisotopic (exact) mass is 270 g/mol. The van der Waals surface area contributed by atoms with Crippen LogP contribution >= 0.6 is 0 Å². The van der Waals surface area contributed by atoms with Crippen molar-refractivity contribution in [3.63, 3.8) is 0 Å². The number of aryl methyl sites for hydroxylation is 2. The summed E-state index contributed by atoms with van der Waals surface area (Å²) in [5, 5.41) is 10.4. The molecule has 1 unspecified atom stereocenters. The van der Waals surface area contributed by atoms with E-state index in [1.165, 1.54) is 11.1 Å². The van der Waals surface area contributed by atoms with E-state index in [4.69, 9.17) is 4.74 Å². The van der Waals surface area contributed by atoms with Crippen molar-refractivity contribution in [2.45, 2.75) is 32.3 Å². The van der Waals surface area contributed by atoms with Crippen LogP contribution in [0, 0.1) is 0 Å². The number of aliphatic hydroxyl groups is 1. The Labute approximate surface area is 121 Å². The summed E-state index contributed by atoms with van der Waals surface area (Å²) < 4.78 is 5.14. The van der Waals surface area contributed by atoms with E-state index < -0.39 is 6.10 Å². The Hall–Kier alpha value is -1.80. The van der Waals surface area contributed by atoms with Gasteiger partial charge in [-0.05, 0) is 48.1 Å². The fourth-order valence-corrected chi connectivity index (χ4v) is 2.43. The maximum Gasteiger partial charge on any atom is 0.118 e. The number of ether oxygens (including phenoxy) is 1. The third-order valence-electron chi connectivity index (χ3n) is 3.66. The molecule has 20 heavy (non-hydrogen) atoms. The van der Waals surface area contributed by atoms with Gasteiger partial charge in [0, 0.05) is 0 Å². The highest BCUT2D eigenvalue weighted by Gasteiger charge is 2.11. The molecule has 0 heterocycles. The summed E-state index contributed by atoms with van der Waals surface area (Å²) in [4.78, 5) is 0. The molecule has 0 radical (unpaired) electrons. The van der Waals surface area contributed by atoms with Crippen molar-refractivity contribution in [1.29, 1.82) is 0 Å². The van der Waals surface area contributed by atoms with Crippen LogP contribution in [-0.4, -0.2) is 12.2 Å². The van der Waals surface area contributed by atoms with Gasteiger partial charge in [0.1, 0.15) is 5.75 Å². The van der Waals surface area contributed by atoms with Gasteiger partial charge in [-0.2, -0.15) is 0 Å². The van der Waals surface area contributed by atoms with Crippen LogP contribution in [0.5, 0.6) is 5.75 Å². The molecular formula is C18H22O2. The van der Waals surface area contributed by atoms with Crippen molar-refractivity contribution >= 4 is 0 Å². The number of rotatable bonds is 6. The van der Waals surface area contributed by atoms with E-state index in [9.17, 15) is 5.11 Å². The Kier molecular flexibility index (Phi) is 5.19. The van der Waals surface area contributed by atoms with E-state index in [0.717, 1.165) is 30.6 Å². The molecule has 2 aromatic carbocycles. The minimum Gasteiger partial charge on any atom is -0.497 e. The molecule has 0 saturated carbocycles. The fraction of sp³-hybridized carbons (Fsp3) is 0.333. The Bertz CT molecular complexity index is 531. The van der Waals surface area contributed by atoms with E-state index in [1.54, 1.807) is 7.11 Å². The number of methoxy groups -OCH3 is 1. The first-order valence-electron chi connectivity index (χ1n) is 7.13. The molecule has 0 fully saturated rings. The van der Waals surface area contributed by atoms with Crippen molar-refractivity contribution in [3.05, 3.63) is 65.2 Å². The second-order valence-electron chi connectivity index (χ2n) is 4.95. The van der Waals surface area contributed by atoms with Crippen LogP contribution in [0.3, 0.4) is 0 Å². The molecule has 0 bridgehead atoms. The van der Waals surface area contributed by atoms with Crippen molar-refractivity contribution < 1.29 is 9.84 Å². The van der Waals surface area contributed by atoms with E-state index in [0.29, 0.717) is 0 Å². The molecule has 2 heteroatoms. The number of hydrogen-bond donors (Lipinski definition) is 1. The van der Waals surface area contributed by atoms with Crippen LogP contribution < -0.4 is 4.74 Å². The van der Waals surface area contributed by atoms with Crippen LogP contribution in [0.2, 0.25) is 0 Å². The Morgan fingerprint density at radius 1 is 1.05 bits per heavy atom. The van der Waals surface area contributed by atoms with Gasteiger partial charge in [-0.25, -0.2) is 0 Å². The van der Waals surface area contributed by atoms with Crippen LogP contribution in [-0.2, 0) is 12.8 Å². The Morgan fingerprint density at radius 3 is 2.40 bits per heavy atom. The van der Waals surface area contributed by atoms with Crippen LogP contribution in [0.1, 0.15) is 36.1 Å². The topological polar surface area (TPSA) is 29.5 Å². The summed E-state index contributed by atoms with van der Waals surface area (Å²) in [7, 11) is 1.67. The molecule has 0 aliphatic heterocycles. The lowest BCUT2D eigenvalue weighted by Gasteiger charge is -2.15. The van der Waals surface area contributed by atoms with Crippen molar-refractivity contribution in [3.8, 4) is 5.75 Å². The van der Waals surface area contributed by atoms with Gasteiger partial charge >= 0.3 is 0 Å². The van der Waals surface area contributed by atoms with Crippen LogP contribution in [0.25, 0.3) is 0 Å². The minimum absolute atomic E-state index is 0.395. The zero-order valence-corrected chi connectivity index (χ0v) is 12.2.